The van der Waals surface area contributed by atoms with Gasteiger partial charge in [0.05, 0.1) is 11.8 Å². The Balaban J connectivity index is 2.57. The van der Waals surface area contributed by atoms with Crippen molar-refractivity contribution >= 4 is 5.91 Å². The molecule has 0 aliphatic heterocycles. The highest BCUT2D eigenvalue weighted by Gasteiger charge is 2.13. The fourth-order valence-electron chi connectivity index (χ4n) is 1.71. The molecule has 96 valence electrons. The predicted octanol–water partition coefficient (Wildman–Crippen LogP) is 1.10. The van der Waals surface area contributed by atoms with Crippen LogP contribution < -0.4 is 5.32 Å². The Morgan fingerprint density at radius 3 is 2.88 bits per heavy atom. The number of hydrogen-bond donors (Lipinski definition) is 2. The Morgan fingerprint density at radius 1 is 1.59 bits per heavy atom. The average Bonchev–Trinajstić information content (AvgIpc) is 2.68. The first-order valence-corrected chi connectivity index (χ1v) is 6.09. The molecule has 2 N–H and O–H groups in total. The second kappa shape index (κ2) is 6.39. The van der Waals surface area contributed by atoms with Crippen molar-refractivity contribution in [2.24, 2.45) is 0 Å². The molecule has 1 aromatic heterocycles. The molecule has 0 aliphatic carbocycles. The number of amides is 1. The van der Waals surface area contributed by atoms with Crippen molar-refractivity contribution in [2.45, 2.75) is 46.3 Å². The third-order valence-electron chi connectivity index (χ3n) is 2.55. The van der Waals surface area contributed by atoms with E-state index in [0.717, 1.165) is 12.1 Å². The van der Waals surface area contributed by atoms with Crippen LogP contribution in [-0.2, 0) is 6.54 Å². The summed E-state index contributed by atoms with van der Waals surface area (Å²) < 4.78 is 1.66. The van der Waals surface area contributed by atoms with E-state index in [9.17, 15) is 9.90 Å². The summed E-state index contributed by atoms with van der Waals surface area (Å²) in [6.45, 7) is 6.75. The number of nitrogens with zero attached hydrogens (tertiary/aromatic N) is 2. The maximum absolute atomic E-state index is 11.9. The minimum Gasteiger partial charge on any atom is -0.391 e. The van der Waals surface area contributed by atoms with E-state index >= 15 is 0 Å². The highest BCUT2D eigenvalue weighted by Crippen LogP contribution is 2.04. The quantitative estimate of drug-likeness (QED) is 0.781. The van der Waals surface area contributed by atoms with Crippen molar-refractivity contribution in [3.63, 3.8) is 0 Å². The molecule has 5 nitrogen and oxygen atoms in total. The van der Waals surface area contributed by atoms with Gasteiger partial charge < -0.3 is 10.4 Å². The zero-order chi connectivity index (χ0) is 12.8. The van der Waals surface area contributed by atoms with Gasteiger partial charge in [-0.2, -0.15) is 5.10 Å². The maximum Gasteiger partial charge on any atom is 0.269 e. The summed E-state index contributed by atoms with van der Waals surface area (Å²) in [5.41, 5.74) is 1.37. The van der Waals surface area contributed by atoms with E-state index in [0.29, 0.717) is 25.2 Å². The summed E-state index contributed by atoms with van der Waals surface area (Å²) in [5.74, 6) is -0.178. The van der Waals surface area contributed by atoms with Gasteiger partial charge in [-0.05, 0) is 26.3 Å². The topological polar surface area (TPSA) is 67.2 Å². The summed E-state index contributed by atoms with van der Waals surface area (Å²) in [6, 6.07) is 1.75. The van der Waals surface area contributed by atoms with E-state index in [1.54, 1.807) is 10.7 Å². The lowest BCUT2D eigenvalue weighted by Gasteiger charge is -2.11. The largest absolute Gasteiger partial charge is 0.391 e. The molecule has 0 saturated carbocycles. The number of carbonyl (C=O) groups is 1. The number of nitrogens with one attached hydrogen (secondary N) is 1. The molecule has 17 heavy (non-hydrogen) atoms. The summed E-state index contributed by atoms with van der Waals surface area (Å²) in [7, 11) is 0. The van der Waals surface area contributed by atoms with Crippen LogP contribution in [0.15, 0.2) is 6.07 Å². The molecule has 0 spiro atoms. The standard InChI is InChI=1S/C12H21N3O2/c1-4-6-10(16)8-13-12(17)11-7-9(3)14-15(11)5-2/h7,10,16H,4-6,8H2,1-3H3,(H,13,17). The lowest BCUT2D eigenvalue weighted by Crippen LogP contribution is -2.33. The Hall–Kier alpha value is -1.36. The molecule has 0 fully saturated rings. The van der Waals surface area contributed by atoms with Crippen LogP contribution in [0.25, 0.3) is 0 Å². The maximum atomic E-state index is 11.9. The van der Waals surface area contributed by atoms with Gasteiger partial charge >= 0.3 is 0 Å². The summed E-state index contributed by atoms with van der Waals surface area (Å²) in [5, 5.41) is 16.5. The van der Waals surface area contributed by atoms with Gasteiger partial charge in [-0.1, -0.05) is 13.3 Å². The second-order valence-electron chi connectivity index (χ2n) is 4.14. The van der Waals surface area contributed by atoms with E-state index in [1.807, 2.05) is 20.8 Å². The van der Waals surface area contributed by atoms with E-state index in [4.69, 9.17) is 0 Å². The molecule has 0 bridgehead atoms. The Labute approximate surface area is 102 Å². The van der Waals surface area contributed by atoms with Crippen LogP contribution in [0.5, 0.6) is 0 Å². The molecule has 0 aromatic carbocycles. The van der Waals surface area contributed by atoms with E-state index in [2.05, 4.69) is 10.4 Å². The number of aliphatic hydroxyl groups is 1. The molecule has 0 saturated heterocycles. The lowest BCUT2D eigenvalue weighted by atomic mass is 10.2. The van der Waals surface area contributed by atoms with Crippen LogP contribution in [0.4, 0.5) is 0 Å². The molecule has 1 rings (SSSR count). The molecule has 1 heterocycles. The first-order chi connectivity index (χ1) is 8.08. The third kappa shape index (κ3) is 3.85. The number of hydrogen-bond acceptors (Lipinski definition) is 3. The van der Waals surface area contributed by atoms with Gasteiger partial charge in [-0.25, -0.2) is 0 Å². The van der Waals surface area contributed by atoms with Crippen molar-refractivity contribution in [2.75, 3.05) is 6.54 Å². The Kier molecular flexibility index (Phi) is 5.15. The van der Waals surface area contributed by atoms with Gasteiger partial charge in [0.15, 0.2) is 0 Å². The first kappa shape index (κ1) is 13.7. The number of rotatable bonds is 6. The molecular weight excluding hydrogens is 218 g/mol. The number of carbonyl (C=O) groups excluding carboxylic acids is 1. The van der Waals surface area contributed by atoms with E-state index in [1.165, 1.54) is 0 Å². The third-order valence-corrected chi connectivity index (χ3v) is 2.55. The SMILES string of the molecule is CCCC(O)CNC(=O)c1cc(C)nn1CC. The molecule has 1 unspecified atom stereocenters. The minimum absolute atomic E-state index is 0.178. The summed E-state index contributed by atoms with van der Waals surface area (Å²) in [6.07, 6.45) is 1.14. The zero-order valence-electron chi connectivity index (χ0n) is 10.7. The fraction of sp³-hybridized carbons (Fsp3) is 0.667. The van der Waals surface area contributed by atoms with Gasteiger partial charge in [0.25, 0.3) is 5.91 Å². The summed E-state index contributed by atoms with van der Waals surface area (Å²) >= 11 is 0. The predicted molar refractivity (Wildman–Crippen MR) is 65.9 cm³/mol. The van der Waals surface area contributed by atoms with Crippen molar-refractivity contribution in [1.29, 1.82) is 0 Å². The van der Waals surface area contributed by atoms with Gasteiger partial charge in [0.2, 0.25) is 0 Å². The molecule has 5 heteroatoms. The molecular formula is C12H21N3O2. The van der Waals surface area contributed by atoms with Crippen LogP contribution in [0.3, 0.4) is 0 Å². The molecule has 0 radical (unpaired) electrons. The van der Waals surface area contributed by atoms with Crippen molar-refractivity contribution in [1.82, 2.24) is 15.1 Å². The summed E-state index contributed by atoms with van der Waals surface area (Å²) in [4.78, 5) is 11.9. The number of aryl methyl sites for hydroxylation is 2. The number of aliphatic hydroxyl groups excluding tert-OH is 1. The average molecular weight is 239 g/mol. The molecule has 1 amide bonds. The van der Waals surface area contributed by atoms with Crippen LogP contribution >= 0.6 is 0 Å². The van der Waals surface area contributed by atoms with Crippen molar-refractivity contribution in [3.8, 4) is 0 Å². The van der Waals surface area contributed by atoms with Gasteiger partial charge in [0.1, 0.15) is 5.69 Å². The van der Waals surface area contributed by atoms with Crippen LogP contribution in [-0.4, -0.2) is 33.4 Å². The molecule has 0 aliphatic rings. The highest BCUT2D eigenvalue weighted by molar-refractivity contribution is 5.92. The second-order valence-corrected chi connectivity index (χ2v) is 4.14. The smallest absolute Gasteiger partial charge is 0.269 e. The fourth-order valence-corrected chi connectivity index (χ4v) is 1.71. The zero-order valence-corrected chi connectivity index (χ0v) is 10.7. The van der Waals surface area contributed by atoms with Crippen LogP contribution in [0.2, 0.25) is 0 Å². The van der Waals surface area contributed by atoms with E-state index < -0.39 is 6.10 Å². The van der Waals surface area contributed by atoms with Crippen LogP contribution in [0, 0.1) is 6.92 Å². The Bertz CT molecular complexity index is 374. The monoisotopic (exact) mass is 239 g/mol. The lowest BCUT2D eigenvalue weighted by molar-refractivity contribution is 0.0899. The van der Waals surface area contributed by atoms with Gasteiger partial charge in [-0.15, -0.1) is 0 Å². The van der Waals surface area contributed by atoms with Gasteiger partial charge in [0, 0.05) is 13.1 Å². The Morgan fingerprint density at radius 2 is 2.29 bits per heavy atom. The minimum atomic E-state index is -0.469. The number of aromatic nitrogens is 2. The molecule has 1 aromatic rings. The highest BCUT2D eigenvalue weighted by atomic mass is 16.3. The van der Waals surface area contributed by atoms with Gasteiger partial charge in [-0.3, -0.25) is 9.48 Å². The van der Waals surface area contributed by atoms with E-state index in [-0.39, 0.29) is 5.91 Å². The van der Waals surface area contributed by atoms with Crippen molar-refractivity contribution < 1.29 is 9.90 Å². The van der Waals surface area contributed by atoms with Crippen LogP contribution in [0.1, 0.15) is 42.9 Å². The molecule has 1 atom stereocenters. The van der Waals surface area contributed by atoms with Crippen molar-refractivity contribution in [3.05, 3.63) is 17.5 Å². The normalized spacial score (nSPS) is 12.5. The first-order valence-electron chi connectivity index (χ1n) is 6.09.